The molecule has 0 radical (unpaired) electrons. The lowest BCUT2D eigenvalue weighted by Crippen LogP contribution is -2.30. The highest BCUT2D eigenvalue weighted by Gasteiger charge is 2.16. The Bertz CT molecular complexity index is 432. The van der Waals surface area contributed by atoms with Crippen LogP contribution in [0.4, 0.5) is 10.1 Å². The molecule has 1 aliphatic rings. The van der Waals surface area contributed by atoms with Gasteiger partial charge in [0.15, 0.2) is 0 Å². The van der Waals surface area contributed by atoms with Crippen LogP contribution < -0.4 is 10.6 Å². The van der Waals surface area contributed by atoms with Crippen molar-refractivity contribution in [3.05, 3.63) is 29.0 Å². The van der Waals surface area contributed by atoms with Crippen molar-refractivity contribution in [3.8, 4) is 0 Å². The van der Waals surface area contributed by atoms with Crippen LogP contribution in [0.3, 0.4) is 0 Å². The SMILES string of the molecule is O=C(CSC1CCNCC1)Nc1c(F)cccc1Cl. The zero-order valence-corrected chi connectivity index (χ0v) is 12.0. The van der Waals surface area contributed by atoms with Gasteiger partial charge in [0.1, 0.15) is 5.82 Å². The van der Waals surface area contributed by atoms with Crippen molar-refractivity contribution >= 4 is 35.0 Å². The van der Waals surface area contributed by atoms with Gasteiger partial charge >= 0.3 is 0 Å². The second-order valence-corrected chi connectivity index (χ2v) is 6.10. The highest BCUT2D eigenvalue weighted by Crippen LogP contribution is 2.25. The lowest BCUT2D eigenvalue weighted by atomic mass is 10.2. The molecular formula is C13H16ClFN2OS. The third kappa shape index (κ3) is 4.37. The molecule has 104 valence electrons. The van der Waals surface area contributed by atoms with E-state index in [-0.39, 0.29) is 16.6 Å². The lowest BCUT2D eigenvalue weighted by molar-refractivity contribution is -0.113. The van der Waals surface area contributed by atoms with E-state index in [0.717, 1.165) is 25.9 Å². The van der Waals surface area contributed by atoms with Crippen LogP contribution in [-0.4, -0.2) is 30.0 Å². The molecule has 1 aromatic rings. The third-order valence-corrected chi connectivity index (χ3v) is 4.65. The number of para-hydroxylation sites is 1. The lowest BCUT2D eigenvalue weighted by Gasteiger charge is -2.21. The molecule has 2 rings (SSSR count). The molecule has 19 heavy (non-hydrogen) atoms. The van der Waals surface area contributed by atoms with Gasteiger partial charge in [-0.2, -0.15) is 0 Å². The quantitative estimate of drug-likeness (QED) is 0.898. The molecule has 1 saturated heterocycles. The van der Waals surface area contributed by atoms with Gasteiger partial charge in [0.25, 0.3) is 0 Å². The summed E-state index contributed by atoms with van der Waals surface area (Å²) < 4.78 is 13.5. The van der Waals surface area contributed by atoms with Crippen molar-refractivity contribution in [2.75, 3.05) is 24.2 Å². The molecule has 2 N–H and O–H groups in total. The Morgan fingerprint density at radius 2 is 2.21 bits per heavy atom. The first-order valence-corrected chi connectivity index (χ1v) is 7.65. The maximum Gasteiger partial charge on any atom is 0.234 e. The molecule has 0 aromatic heterocycles. The number of hydrogen-bond donors (Lipinski definition) is 2. The topological polar surface area (TPSA) is 41.1 Å². The molecule has 1 amide bonds. The summed E-state index contributed by atoms with van der Waals surface area (Å²) in [6, 6.07) is 4.35. The first-order valence-electron chi connectivity index (χ1n) is 6.23. The van der Waals surface area contributed by atoms with E-state index in [1.807, 2.05) is 0 Å². The van der Waals surface area contributed by atoms with Crippen molar-refractivity contribution in [3.63, 3.8) is 0 Å². The van der Waals surface area contributed by atoms with Gasteiger partial charge in [-0.05, 0) is 38.1 Å². The summed E-state index contributed by atoms with van der Waals surface area (Å²) in [4.78, 5) is 11.8. The van der Waals surface area contributed by atoms with Crippen LogP contribution in [0, 0.1) is 5.82 Å². The first-order chi connectivity index (χ1) is 9.16. The average molecular weight is 303 g/mol. The van der Waals surface area contributed by atoms with Crippen molar-refractivity contribution in [1.29, 1.82) is 0 Å². The Morgan fingerprint density at radius 3 is 2.89 bits per heavy atom. The molecule has 1 heterocycles. The number of piperidine rings is 1. The van der Waals surface area contributed by atoms with Crippen LogP contribution in [0.1, 0.15) is 12.8 Å². The number of rotatable bonds is 4. The Kier molecular flexibility index (Phi) is 5.48. The van der Waals surface area contributed by atoms with E-state index in [0.29, 0.717) is 11.0 Å². The number of nitrogens with one attached hydrogen (secondary N) is 2. The number of amides is 1. The molecule has 6 heteroatoms. The molecule has 1 aliphatic heterocycles. The number of carbonyl (C=O) groups is 1. The van der Waals surface area contributed by atoms with Gasteiger partial charge in [0.05, 0.1) is 16.5 Å². The molecule has 0 spiro atoms. The Morgan fingerprint density at radius 1 is 1.47 bits per heavy atom. The summed E-state index contributed by atoms with van der Waals surface area (Å²) in [5, 5.41) is 6.54. The maximum atomic E-state index is 13.5. The van der Waals surface area contributed by atoms with E-state index in [1.54, 1.807) is 17.8 Å². The van der Waals surface area contributed by atoms with Crippen molar-refractivity contribution in [2.24, 2.45) is 0 Å². The second-order valence-electron chi connectivity index (χ2n) is 4.41. The van der Waals surface area contributed by atoms with E-state index >= 15 is 0 Å². The van der Waals surface area contributed by atoms with Gasteiger partial charge in [0, 0.05) is 5.25 Å². The minimum absolute atomic E-state index is 0.0695. The van der Waals surface area contributed by atoms with Crippen LogP contribution in [0.15, 0.2) is 18.2 Å². The summed E-state index contributed by atoms with van der Waals surface area (Å²) in [5.41, 5.74) is 0.0695. The monoisotopic (exact) mass is 302 g/mol. The second kappa shape index (κ2) is 7.12. The normalized spacial score (nSPS) is 16.3. The van der Waals surface area contributed by atoms with Crippen LogP contribution in [0.25, 0.3) is 0 Å². The molecule has 0 aliphatic carbocycles. The fraction of sp³-hybridized carbons (Fsp3) is 0.462. The average Bonchev–Trinajstić information content (AvgIpc) is 2.42. The number of halogens is 2. The van der Waals surface area contributed by atoms with Gasteiger partial charge < -0.3 is 10.6 Å². The zero-order valence-electron chi connectivity index (χ0n) is 10.4. The largest absolute Gasteiger partial charge is 0.322 e. The maximum absolute atomic E-state index is 13.5. The number of benzene rings is 1. The van der Waals surface area contributed by atoms with Crippen molar-refractivity contribution < 1.29 is 9.18 Å². The summed E-state index contributed by atoms with van der Waals surface area (Å²) in [6.07, 6.45) is 2.14. The highest BCUT2D eigenvalue weighted by atomic mass is 35.5. The molecule has 0 bridgehead atoms. The van der Waals surface area contributed by atoms with Gasteiger partial charge in [-0.15, -0.1) is 11.8 Å². The summed E-state index contributed by atoms with van der Waals surface area (Å²) >= 11 is 7.47. The van der Waals surface area contributed by atoms with Gasteiger partial charge in [-0.1, -0.05) is 17.7 Å². The van der Waals surface area contributed by atoms with Crippen LogP contribution >= 0.6 is 23.4 Å². The number of anilines is 1. The van der Waals surface area contributed by atoms with E-state index in [1.165, 1.54) is 12.1 Å². The molecule has 0 atom stereocenters. The standard InChI is InChI=1S/C13H16ClFN2OS/c14-10-2-1-3-11(15)13(10)17-12(18)8-19-9-4-6-16-7-5-9/h1-3,9,16H,4-8H2,(H,17,18). The van der Waals surface area contributed by atoms with Crippen LogP contribution in [-0.2, 0) is 4.79 Å². The van der Waals surface area contributed by atoms with E-state index in [2.05, 4.69) is 10.6 Å². The van der Waals surface area contributed by atoms with Crippen molar-refractivity contribution in [2.45, 2.75) is 18.1 Å². The number of carbonyl (C=O) groups excluding carboxylic acids is 1. The summed E-state index contributed by atoms with van der Waals surface area (Å²) in [7, 11) is 0. The number of hydrogen-bond acceptors (Lipinski definition) is 3. The van der Waals surface area contributed by atoms with E-state index < -0.39 is 5.82 Å². The van der Waals surface area contributed by atoms with Crippen molar-refractivity contribution in [1.82, 2.24) is 5.32 Å². The fourth-order valence-corrected chi connectivity index (χ4v) is 3.19. The molecule has 0 saturated carbocycles. The molecule has 1 aromatic carbocycles. The smallest absolute Gasteiger partial charge is 0.234 e. The Balaban J connectivity index is 1.83. The van der Waals surface area contributed by atoms with Crippen LogP contribution in [0.5, 0.6) is 0 Å². The van der Waals surface area contributed by atoms with Gasteiger partial charge in [-0.3, -0.25) is 4.79 Å². The highest BCUT2D eigenvalue weighted by molar-refractivity contribution is 8.00. The first kappa shape index (κ1) is 14.6. The number of thioether (sulfide) groups is 1. The Hall–Kier alpha value is -0.780. The fourth-order valence-electron chi connectivity index (χ4n) is 1.95. The molecule has 3 nitrogen and oxygen atoms in total. The van der Waals surface area contributed by atoms with E-state index in [9.17, 15) is 9.18 Å². The van der Waals surface area contributed by atoms with Gasteiger partial charge in [0.2, 0.25) is 5.91 Å². The summed E-state index contributed by atoms with van der Waals surface area (Å²) in [6.45, 7) is 2.00. The van der Waals surface area contributed by atoms with Crippen LogP contribution in [0.2, 0.25) is 5.02 Å². The predicted molar refractivity (Wildman–Crippen MR) is 78.4 cm³/mol. The third-order valence-electron chi connectivity index (χ3n) is 2.96. The molecular weight excluding hydrogens is 287 g/mol. The van der Waals surface area contributed by atoms with Gasteiger partial charge in [-0.25, -0.2) is 4.39 Å². The molecule has 0 unspecified atom stereocenters. The minimum Gasteiger partial charge on any atom is -0.322 e. The zero-order chi connectivity index (χ0) is 13.7. The minimum atomic E-state index is -0.507. The summed E-state index contributed by atoms with van der Waals surface area (Å²) in [5.74, 6) is -0.391. The predicted octanol–water partition coefficient (Wildman–Crippen LogP) is 2.90. The molecule has 1 fully saturated rings. The van der Waals surface area contributed by atoms with E-state index in [4.69, 9.17) is 11.6 Å². The Labute approximate surface area is 121 Å².